The molecule has 1 amide bonds. The first-order chi connectivity index (χ1) is 9.65. The van der Waals surface area contributed by atoms with Crippen molar-refractivity contribution in [3.63, 3.8) is 0 Å². The van der Waals surface area contributed by atoms with Crippen LogP contribution in [0.2, 0.25) is 0 Å². The van der Waals surface area contributed by atoms with Crippen LogP contribution in [0.25, 0.3) is 0 Å². The van der Waals surface area contributed by atoms with Gasteiger partial charge >= 0.3 is 6.29 Å². The highest BCUT2D eigenvalue weighted by Crippen LogP contribution is 2.42. The van der Waals surface area contributed by atoms with Crippen molar-refractivity contribution in [2.75, 3.05) is 5.32 Å². The smallest absolute Gasteiger partial charge is 0.395 e. The number of halogens is 2. The maximum Gasteiger partial charge on any atom is 0.586 e. The molecule has 0 saturated carbocycles. The first kappa shape index (κ1) is 17.2. The molecule has 1 aliphatic heterocycles. The van der Waals surface area contributed by atoms with E-state index >= 15 is 0 Å². The molecule has 21 heavy (non-hydrogen) atoms. The van der Waals surface area contributed by atoms with Crippen molar-refractivity contribution in [2.24, 2.45) is 5.41 Å². The van der Waals surface area contributed by atoms with E-state index in [1.165, 1.54) is 18.2 Å². The van der Waals surface area contributed by atoms with E-state index in [1.54, 1.807) is 0 Å². The fourth-order valence-electron chi connectivity index (χ4n) is 1.71. The van der Waals surface area contributed by atoms with E-state index in [0.29, 0.717) is 12.1 Å². The van der Waals surface area contributed by atoms with Gasteiger partial charge in [-0.05, 0) is 17.5 Å². The highest BCUT2D eigenvalue weighted by Gasteiger charge is 2.43. The van der Waals surface area contributed by atoms with Crippen molar-refractivity contribution >= 4 is 11.6 Å². The van der Waals surface area contributed by atoms with Gasteiger partial charge in [0.15, 0.2) is 11.5 Å². The first-order valence-electron chi connectivity index (χ1n) is 6.84. The van der Waals surface area contributed by atoms with Crippen LogP contribution in [0, 0.1) is 5.41 Å². The molecule has 0 radical (unpaired) electrons. The van der Waals surface area contributed by atoms with Crippen LogP contribution >= 0.6 is 0 Å². The van der Waals surface area contributed by atoms with Crippen LogP contribution < -0.4 is 14.8 Å². The highest BCUT2D eigenvalue weighted by molar-refractivity contribution is 5.91. The molecule has 0 saturated heterocycles. The number of alkyl halides is 2. The summed E-state index contributed by atoms with van der Waals surface area (Å²) >= 11 is 0. The minimum absolute atomic E-state index is 0.0428. The van der Waals surface area contributed by atoms with Gasteiger partial charge in [-0.3, -0.25) is 4.79 Å². The van der Waals surface area contributed by atoms with Gasteiger partial charge in [0, 0.05) is 18.2 Å². The quantitative estimate of drug-likeness (QED) is 0.880. The Morgan fingerprint density at radius 3 is 2.33 bits per heavy atom. The molecule has 0 atom stereocenters. The van der Waals surface area contributed by atoms with Gasteiger partial charge < -0.3 is 14.8 Å². The van der Waals surface area contributed by atoms with Gasteiger partial charge in [-0.15, -0.1) is 8.78 Å². The predicted molar refractivity (Wildman–Crippen MR) is 76.7 cm³/mol. The molecule has 0 fully saturated rings. The summed E-state index contributed by atoms with van der Waals surface area (Å²) in [5, 5.41) is 2.64. The zero-order chi connectivity index (χ0) is 16.3. The summed E-state index contributed by atoms with van der Waals surface area (Å²) < 4.78 is 34.2. The Labute approximate surface area is 123 Å². The number of rotatable bonds is 2. The van der Waals surface area contributed by atoms with E-state index in [-0.39, 0.29) is 22.8 Å². The van der Waals surface area contributed by atoms with Crippen LogP contribution in [0.4, 0.5) is 14.5 Å². The van der Waals surface area contributed by atoms with Gasteiger partial charge in [0.25, 0.3) is 0 Å². The molecule has 0 aromatic heterocycles. The van der Waals surface area contributed by atoms with Crippen molar-refractivity contribution in [1.82, 2.24) is 0 Å². The van der Waals surface area contributed by atoms with Crippen LogP contribution in [0.15, 0.2) is 18.2 Å². The minimum Gasteiger partial charge on any atom is -0.395 e. The molecule has 1 heterocycles. The average Bonchev–Trinajstić information content (AvgIpc) is 2.62. The Morgan fingerprint density at radius 2 is 1.76 bits per heavy atom. The van der Waals surface area contributed by atoms with Crippen LogP contribution in [0.1, 0.15) is 41.0 Å². The van der Waals surface area contributed by atoms with Crippen molar-refractivity contribution in [3.05, 3.63) is 18.2 Å². The average molecular weight is 301 g/mol. The lowest BCUT2D eigenvalue weighted by atomic mass is 9.92. The van der Waals surface area contributed by atoms with Crippen molar-refractivity contribution in [3.8, 4) is 11.5 Å². The van der Waals surface area contributed by atoms with Crippen molar-refractivity contribution in [2.45, 2.75) is 47.3 Å². The van der Waals surface area contributed by atoms with E-state index in [4.69, 9.17) is 0 Å². The maximum atomic E-state index is 12.8. The van der Waals surface area contributed by atoms with Gasteiger partial charge in [0.2, 0.25) is 5.91 Å². The normalized spacial score (nSPS) is 15.0. The van der Waals surface area contributed by atoms with Gasteiger partial charge in [-0.25, -0.2) is 0 Å². The number of benzene rings is 1. The molecule has 2 rings (SSSR count). The molecule has 1 aliphatic rings. The van der Waals surface area contributed by atoms with E-state index in [1.807, 2.05) is 34.6 Å². The summed E-state index contributed by atoms with van der Waals surface area (Å²) in [6.07, 6.45) is -3.31. The summed E-state index contributed by atoms with van der Waals surface area (Å²) in [5.41, 5.74) is 0.252. The Balaban J connectivity index is 0.00000106. The van der Waals surface area contributed by atoms with Gasteiger partial charge in [-0.2, -0.15) is 0 Å². The molecule has 0 unspecified atom stereocenters. The molecule has 1 aromatic rings. The lowest BCUT2D eigenvalue weighted by molar-refractivity contribution is -0.286. The number of anilines is 1. The molecule has 0 aliphatic carbocycles. The summed E-state index contributed by atoms with van der Waals surface area (Å²) in [5.74, 6) is -0.310. The molecule has 1 N–H and O–H groups in total. The SMILES string of the molecule is CC.CC(C)(C)CC(=O)Nc1ccc2c(c1)OC(F)(F)O2. The van der Waals surface area contributed by atoms with Gasteiger partial charge in [0.1, 0.15) is 0 Å². The number of hydrogen-bond acceptors (Lipinski definition) is 3. The predicted octanol–water partition coefficient (Wildman–Crippen LogP) is 4.41. The third kappa shape index (κ3) is 5.21. The number of ether oxygens (including phenoxy) is 2. The van der Waals surface area contributed by atoms with E-state index in [9.17, 15) is 13.6 Å². The van der Waals surface area contributed by atoms with Crippen molar-refractivity contribution < 1.29 is 23.0 Å². The highest BCUT2D eigenvalue weighted by atomic mass is 19.3. The topological polar surface area (TPSA) is 47.6 Å². The third-order valence-corrected chi connectivity index (χ3v) is 2.38. The van der Waals surface area contributed by atoms with Gasteiger partial charge in [-0.1, -0.05) is 34.6 Å². The lowest BCUT2D eigenvalue weighted by Gasteiger charge is -2.17. The summed E-state index contributed by atoms with van der Waals surface area (Å²) in [6.45, 7) is 9.81. The molecule has 0 spiro atoms. The standard InChI is InChI=1S/C13H15F2NO3.C2H6/c1-12(2,3)7-11(17)16-8-4-5-9-10(6-8)19-13(14,15)18-9;1-2/h4-6H,7H2,1-3H3,(H,16,17);1-2H3. The number of amides is 1. The Morgan fingerprint density at radius 1 is 1.19 bits per heavy atom. The molecular formula is C15H21F2NO3. The fourth-order valence-corrected chi connectivity index (χ4v) is 1.71. The zero-order valence-corrected chi connectivity index (χ0v) is 12.9. The monoisotopic (exact) mass is 301 g/mol. The van der Waals surface area contributed by atoms with Crippen LogP contribution in [0.5, 0.6) is 11.5 Å². The lowest BCUT2D eigenvalue weighted by Crippen LogP contribution is -2.25. The second kappa shape index (κ2) is 6.28. The Hall–Kier alpha value is -1.85. The van der Waals surface area contributed by atoms with Crippen LogP contribution in [0.3, 0.4) is 0 Å². The number of carbonyl (C=O) groups is 1. The summed E-state index contributed by atoms with van der Waals surface area (Å²) in [6, 6.07) is 4.14. The minimum atomic E-state index is -3.64. The molecule has 0 bridgehead atoms. The molecular weight excluding hydrogens is 280 g/mol. The molecule has 118 valence electrons. The Kier molecular flexibility index (Phi) is 5.15. The number of carbonyl (C=O) groups excluding carboxylic acids is 1. The number of hydrogen-bond donors (Lipinski definition) is 1. The first-order valence-corrected chi connectivity index (χ1v) is 6.84. The molecule has 4 nitrogen and oxygen atoms in total. The van der Waals surface area contributed by atoms with Crippen molar-refractivity contribution in [1.29, 1.82) is 0 Å². The maximum absolute atomic E-state index is 12.8. The van der Waals surface area contributed by atoms with E-state index in [2.05, 4.69) is 14.8 Å². The van der Waals surface area contributed by atoms with E-state index in [0.717, 1.165) is 0 Å². The summed E-state index contributed by atoms with van der Waals surface area (Å²) in [7, 11) is 0. The number of fused-ring (bicyclic) bond motifs is 1. The Bertz CT molecular complexity index is 510. The summed E-state index contributed by atoms with van der Waals surface area (Å²) in [4.78, 5) is 11.7. The number of nitrogens with one attached hydrogen (secondary N) is 1. The van der Waals surface area contributed by atoms with Gasteiger partial charge in [0.05, 0.1) is 0 Å². The second-order valence-corrected chi connectivity index (χ2v) is 5.61. The fraction of sp³-hybridized carbons (Fsp3) is 0.533. The van der Waals surface area contributed by atoms with Crippen LogP contribution in [-0.2, 0) is 4.79 Å². The third-order valence-electron chi connectivity index (χ3n) is 2.38. The van der Waals surface area contributed by atoms with Crippen LogP contribution in [-0.4, -0.2) is 12.2 Å². The zero-order valence-electron chi connectivity index (χ0n) is 12.9. The largest absolute Gasteiger partial charge is 0.586 e. The van der Waals surface area contributed by atoms with E-state index < -0.39 is 6.29 Å². The second-order valence-electron chi connectivity index (χ2n) is 5.61. The molecule has 1 aromatic carbocycles. The molecule has 6 heteroatoms.